The van der Waals surface area contributed by atoms with Crippen molar-refractivity contribution in [3.8, 4) is 0 Å². The quantitative estimate of drug-likeness (QED) is 0.728. The van der Waals surface area contributed by atoms with Crippen LogP contribution in [0.25, 0.3) is 0 Å². The normalized spacial score (nSPS) is 21.2. The zero-order chi connectivity index (χ0) is 20.1. The average Bonchev–Trinajstić information content (AvgIpc) is 2.89. The van der Waals surface area contributed by atoms with Crippen LogP contribution in [0, 0.1) is 0 Å². The zero-order valence-electron chi connectivity index (χ0n) is 17.9. The molecular formula is C21H36N6S. The molecule has 2 saturated heterocycles. The molecule has 3 rings (SSSR count). The molecule has 0 amide bonds. The molecule has 3 heterocycles. The van der Waals surface area contributed by atoms with Gasteiger partial charge in [-0.25, -0.2) is 0 Å². The number of nitrogens with zero attached hydrogens (tertiary/aromatic N) is 4. The van der Waals surface area contributed by atoms with Crippen LogP contribution in [0.5, 0.6) is 0 Å². The van der Waals surface area contributed by atoms with Gasteiger partial charge in [0.15, 0.2) is 5.11 Å². The van der Waals surface area contributed by atoms with Crippen molar-refractivity contribution in [2.75, 3.05) is 34.8 Å². The fourth-order valence-corrected chi connectivity index (χ4v) is 4.40. The van der Waals surface area contributed by atoms with E-state index in [1.165, 1.54) is 44.9 Å². The summed E-state index contributed by atoms with van der Waals surface area (Å²) in [6.45, 7) is 11.8. The van der Waals surface area contributed by atoms with Crippen LogP contribution in [0.1, 0.15) is 72.6 Å². The zero-order valence-corrected chi connectivity index (χ0v) is 18.7. The van der Waals surface area contributed by atoms with Crippen LogP contribution in [-0.2, 0) is 0 Å². The Bertz CT molecular complexity index is 663. The highest BCUT2D eigenvalue weighted by Crippen LogP contribution is 2.28. The van der Waals surface area contributed by atoms with Gasteiger partial charge in [-0.1, -0.05) is 12.8 Å². The van der Waals surface area contributed by atoms with Gasteiger partial charge in [0, 0.05) is 37.3 Å². The minimum absolute atomic E-state index is 0.101. The molecule has 0 bridgehead atoms. The molecule has 0 radical (unpaired) electrons. The Labute approximate surface area is 175 Å². The predicted octanol–water partition coefficient (Wildman–Crippen LogP) is 4.32. The van der Waals surface area contributed by atoms with Crippen molar-refractivity contribution in [3.63, 3.8) is 0 Å². The first-order chi connectivity index (χ1) is 13.3. The van der Waals surface area contributed by atoms with E-state index >= 15 is 0 Å². The molecule has 1 atom stereocenters. The molecule has 2 aliphatic heterocycles. The number of hydrogen-bond donors (Lipinski definition) is 2. The van der Waals surface area contributed by atoms with E-state index in [0.29, 0.717) is 17.1 Å². The van der Waals surface area contributed by atoms with Gasteiger partial charge in [-0.3, -0.25) is 0 Å². The first-order valence-electron chi connectivity index (χ1n) is 10.8. The second kappa shape index (κ2) is 9.25. The van der Waals surface area contributed by atoms with Crippen molar-refractivity contribution in [2.24, 2.45) is 0 Å². The van der Waals surface area contributed by atoms with Crippen molar-refractivity contribution in [3.05, 3.63) is 6.07 Å². The van der Waals surface area contributed by atoms with Crippen molar-refractivity contribution >= 4 is 34.9 Å². The monoisotopic (exact) mass is 404 g/mol. The largest absolute Gasteiger partial charge is 0.358 e. The SMILES string of the molecule is C[C@@H]1CCCCN1c1cc(N2CCCCCC2)nc(NC(=S)NC(C)(C)C)n1. The van der Waals surface area contributed by atoms with Gasteiger partial charge < -0.3 is 20.4 Å². The van der Waals surface area contributed by atoms with Crippen molar-refractivity contribution in [1.82, 2.24) is 15.3 Å². The number of anilines is 3. The maximum absolute atomic E-state index is 5.50. The first-order valence-corrected chi connectivity index (χ1v) is 11.2. The van der Waals surface area contributed by atoms with E-state index < -0.39 is 0 Å². The Hall–Kier alpha value is -1.63. The minimum atomic E-state index is -0.101. The van der Waals surface area contributed by atoms with E-state index in [9.17, 15) is 0 Å². The molecule has 2 aliphatic rings. The highest BCUT2D eigenvalue weighted by Gasteiger charge is 2.23. The highest BCUT2D eigenvalue weighted by atomic mass is 32.1. The van der Waals surface area contributed by atoms with E-state index in [2.05, 4.69) is 54.2 Å². The Balaban J connectivity index is 1.87. The van der Waals surface area contributed by atoms with Gasteiger partial charge in [-0.15, -0.1) is 0 Å². The van der Waals surface area contributed by atoms with Gasteiger partial charge in [0.05, 0.1) is 0 Å². The molecule has 0 aromatic carbocycles. The third-order valence-corrected chi connectivity index (χ3v) is 5.64. The second-order valence-electron chi connectivity index (χ2n) is 9.18. The lowest BCUT2D eigenvalue weighted by molar-refractivity contribution is 0.481. The third kappa shape index (κ3) is 5.93. The number of rotatable bonds is 3. The molecule has 0 unspecified atom stereocenters. The summed E-state index contributed by atoms with van der Waals surface area (Å²) in [6, 6.07) is 2.69. The lowest BCUT2D eigenvalue weighted by Gasteiger charge is -2.35. The highest BCUT2D eigenvalue weighted by molar-refractivity contribution is 7.80. The molecular weight excluding hydrogens is 368 g/mol. The molecule has 2 fully saturated rings. The van der Waals surface area contributed by atoms with Crippen LogP contribution < -0.4 is 20.4 Å². The molecule has 2 N–H and O–H groups in total. The fourth-order valence-electron chi connectivity index (χ4n) is 4.00. The van der Waals surface area contributed by atoms with Crippen LogP contribution in [0.15, 0.2) is 6.07 Å². The molecule has 0 aliphatic carbocycles. The predicted molar refractivity (Wildman–Crippen MR) is 122 cm³/mol. The van der Waals surface area contributed by atoms with Crippen molar-refractivity contribution < 1.29 is 0 Å². The van der Waals surface area contributed by atoms with Crippen LogP contribution in [0.3, 0.4) is 0 Å². The van der Waals surface area contributed by atoms with E-state index in [1.54, 1.807) is 0 Å². The Morgan fingerprint density at radius 3 is 2.29 bits per heavy atom. The number of nitrogens with one attached hydrogen (secondary N) is 2. The summed E-state index contributed by atoms with van der Waals surface area (Å²) >= 11 is 5.50. The summed E-state index contributed by atoms with van der Waals surface area (Å²) in [5.41, 5.74) is -0.101. The summed E-state index contributed by atoms with van der Waals surface area (Å²) in [5, 5.41) is 7.10. The summed E-state index contributed by atoms with van der Waals surface area (Å²) in [5.74, 6) is 2.63. The molecule has 1 aromatic heterocycles. The lowest BCUT2D eigenvalue weighted by Crippen LogP contribution is -2.43. The maximum atomic E-state index is 5.50. The molecule has 1 aromatic rings. The number of thiocarbonyl (C=S) groups is 1. The number of hydrogen-bond acceptors (Lipinski definition) is 5. The van der Waals surface area contributed by atoms with E-state index in [1.807, 2.05) is 0 Å². The van der Waals surface area contributed by atoms with Crippen LogP contribution in [0.2, 0.25) is 0 Å². The van der Waals surface area contributed by atoms with Gasteiger partial charge in [0.25, 0.3) is 0 Å². The molecule has 6 nitrogen and oxygen atoms in total. The smallest absolute Gasteiger partial charge is 0.232 e. The summed E-state index contributed by atoms with van der Waals surface area (Å²) < 4.78 is 0. The molecule has 0 spiro atoms. The Kier molecular flexibility index (Phi) is 6.96. The van der Waals surface area contributed by atoms with Crippen molar-refractivity contribution in [1.29, 1.82) is 0 Å². The summed E-state index contributed by atoms with van der Waals surface area (Å²) in [4.78, 5) is 14.5. The number of piperidine rings is 1. The van der Waals surface area contributed by atoms with Crippen LogP contribution >= 0.6 is 12.2 Å². The first kappa shape index (κ1) is 21.1. The lowest BCUT2D eigenvalue weighted by atomic mass is 10.0. The Morgan fingerprint density at radius 1 is 1.00 bits per heavy atom. The fraction of sp³-hybridized carbons (Fsp3) is 0.762. The van der Waals surface area contributed by atoms with Crippen molar-refractivity contribution in [2.45, 2.75) is 84.2 Å². The van der Waals surface area contributed by atoms with E-state index in [-0.39, 0.29) is 5.54 Å². The summed E-state index contributed by atoms with van der Waals surface area (Å²) in [7, 11) is 0. The third-order valence-electron chi connectivity index (χ3n) is 5.44. The standard InChI is InChI=1S/C21H36N6S/c1-16-11-7-10-14-27(16)18-15-17(26-12-8-5-6-9-13-26)22-19(23-18)24-20(28)25-21(2,3)4/h15-16H,5-14H2,1-4H3,(H2,22,23,24,25,28)/t16-/m1/s1. The molecule has 156 valence electrons. The molecule has 7 heteroatoms. The van der Waals surface area contributed by atoms with E-state index in [0.717, 1.165) is 31.3 Å². The van der Waals surface area contributed by atoms with Gasteiger partial charge in [-0.05, 0) is 72.0 Å². The number of aromatic nitrogens is 2. The van der Waals surface area contributed by atoms with Gasteiger partial charge in [0.2, 0.25) is 5.95 Å². The van der Waals surface area contributed by atoms with E-state index in [4.69, 9.17) is 22.2 Å². The Morgan fingerprint density at radius 2 is 1.64 bits per heavy atom. The second-order valence-corrected chi connectivity index (χ2v) is 9.58. The molecule has 28 heavy (non-hydrogen) atoms. The maximum Gasteiger partial charge on any atom is 0.232 e. The average molecular weight is 405 g/mol. The van der Waals surface area contributed by atoms with Gasteiger partial charge in [-0.2, -0.15) is 9.97 Å². The van der Waals surface area contributed by atoms with Gasteiger partial charge >= 0.3 is 0 Å². The van der Waals surface area contributed by atoms with Crippen LogP contribution in [-0.4, -0.2) is 46.3 Å². The van der Waals surface area contributed by atoms with Gasteiger partial charge in [0.1, 0.15) is 11.6 Å². The minimum Gasteiger partial charge on any atom is -0.358 e. The topological polar surface area (TPSA) is 56.3 Å². The van der Waals surface area contributed by atoms with Crippen LogP contribution in [0.4, 0.5) is 17.6 Å². The molecule has 0 saturated carbocycles. The summed E-state index contributed by atoms with van der Waals surface area (Å²) in [6.07, 6.45) is 8.81.